The van der Waals surface area contributed by atoms with Crippen LogP contribution in [0, 0.1) is 10.1 Å². The predicted octanol–water partition coefficient (Wildman–Crippen LogP) is 2.30. The maximum absolute atomic E-state index is 12.3. The highest BCUT2D eigenvalue weighted by atomic mass is 16.6. The lowest BCUT2D eigenvalue weighted by Gasteiger charge is -2.15. The van der Waals surface area contributed by atoms with Crippen molar-refractivity contribution in [2.45, 2.75) is 20.0 Å². The first-order valence-electron chi connectivity index (χ1n) is 9.59. The largest absolute Gasteiger partial charge is 0.495 e. The summed E-state index contributed by atoms with van der Waals surface area (Å²) in [6.45, 7) is 3.21. The second kappa shape index (κ2) is 11.3. The molecule has 0 aromatic heterocycles. The van der Waals surface area contributed by atoms with Gasteiger partial charge in [0.25, 0.3) is 17.5 Å². The zero-order chi connectivity index (χ0) is 23.7. The van der Waals surface area contributed by atoms with Gasteiger partial charge in [-0.15, -0.1) is 0 Å². The van der Waals surface area contributed by atoms with Crippen molar-refractivity contribution in [1.29, 1.82) is 0 Å². The summed E-state index contributed by atoms with van der Waals surface area (Å²) in [5, 5.41) is 15.8. The van der Waals surface area contributed by atoms with Crippen LogP contribution in [0.15, 0.2) is 42.5 Å². The number of rotatable bonds is 10. The molecule has 2 aromatic rings. The van der Waals surface area contributed by atoms with E-state index in [1.807, 2.05) is 6.92 Å². The molecule has 2 N–H and O–H groups in total. The molecule has 0 saturated carbocycles. The standard InChI is InChI=1S/C21H23N3O8/c1-4-31-16-8-5-14(6-9-16)21(27)22-12-19(25)32-13(2)20(26)23-17-11-15(24(28)29)7-10-18(17)30-3/h5-11,13H,4,12H2,1-3H3,(H,22,27)(H,23,26). The maximum atomic E-state index is 12.3. The van der Waals surface area contributed by atoms with E-state index >= 15 is 0 Å². The second-order valence-electron chi connectivity index (χ2n) is 6.40. The van der Waals surface area contributed by atoms with Crippen LogP contribution in [0.4, 0.5) is 11.4 Å². The van der Waals surface area contributed by atoms with Gasteiger partial charge in [-0.05, 0) is 44.2 Å². The Bertz CT molecular complexity index is 991. The van der Waals surface area contributed by atoms with Crippen LogP contribution in [-0.2, 0) is 14.3 Å². The van der Waals surface area contributed by atoms with Gasteiger partial charge >= 0.3 is 5.97 Å². The fourth-order valence-corrected chi connectivity index (χ4v) is 2.56. The van der Waals surface area contributed by atoms with Crippen LogP contribution in [0.3, 0.4) is 0 Å². The highest BCUT2D eigenvalue weighted by Gasteiger charge is 2.21. The van der Waals surface area contributed by atoms with Crippen LogP contribution in [-0.4, -0.2) is 49.1 Å². The van der Waals surface area contributed by atoms with Crippen molar-refractivity contribution in [2.24, 2.45) is 0 Å². The van der Waals surface area contributed by atoms with E-state index < -0.39 is 35.4 Å². The zero-order valence-corrected chi connectivity index (χ0v) is 17.7. The summed E-state index contributed by atoms with van der Waals surface area (Å²) in [4.78, 5) is 46.8. The molecule has 0 spiro atoms. The van der Waals surface area contributed by atoms with Crippen molar-refractivity contribution in [3.63, 3.8) is 0 Å². The number of benzene rings is 2. The lowest BCUT2D eigenvalue weighted by molar-refractivity contribution is -0.384. The molecule has 1 atom stereocenters. The molecule has 11 heteroatoms. The van der Waals surface area contributed by atoms with E-state index in [9.17, 15) is 24.5 Å². The number of hydrogen-bond donors (Lipinski definition) is 2. The van der Waals surface area contributed by atoms with E-state index in [1.54, 1.807) is 24.3 Å². The summed E-state index contributed by atoms with van der Waals surface area (Å²) in [5.74, 6) is -1.25. The minimum absolute atomic E-state index is 0.0541. The Hall–Kier alpha value is -4.15. The molecule has 32 heavy (non-hydrogen) atoms. The molecule has 0 fully saturated rings. The van der Waals surface area contributed by atoms with Gasteiger partial charge in [-0.1, -0.05) is 0 Å². The van der Waals surface area contributed by atoms with Crippen molar-refractivity contribution in [3.8, 4) is 11.5 Å². The highest BCUT2D eigenvalue weighted by molar-refractivity contribution is 5.98. The van der Waals surface area contributed by atoms with E-state index in [1.165, 1.54) is 26.2 Å². The average Bonchev–Trinajstić information content (AvgIpc) is 2.78. The summed E-state index contributed by atoms with van der Waals surface area (Å²) < 4.78 is 15.4. The van der Waals surface area contributed by atoms with Crippen LogP contribution in [0.2, 0.25) is 0 Å². The number of esters is 1. The van der Waals surface area contributed by atoms with Crippen LogP contribution in [0.25, 0.3) is 0 Å². The first-order chi connectivity index (χ1) is 15.2. The number of carbonyl (C=O) groups is 3. The Morgan fingerprint density at radius 3 is 2.41 bits per heavy atom. The van der Waals surface area contributed by atoms with Gasteiger partial charge in [0.15, 0.2) is 6.10 Å². The van der Waals surface area contributed by atoms with Crippen molar-refractivity contribution in [3.05, 3.63) is 58.1 Å². The molecule has 0 bridgehead atoms. The molecule has 2 rings (SSSR count). The van der Waals surface area contributed by atoms with Gasteiger partial charge in [0.05, 0.1) is 24.3 Å². The van der Waals surface area contributed by atoms with Crippen LogP contribution in [0.5, 0.6) is 11.5 Å². The normalized spacial score (nSPS) is 11.1. The highest BCUT2D eigenvalue weighted by Crippen LogP contribution is 2.29. The number of non-ortho nitro benzene ring substituents is 1. The van der Waals surface area contributed by atoms with E-state index in [2.05, 4.69) is 10.6 Å². The molecule has 170 valence electrons. The summed E-state index contributed by atoms with van der Waals surface area (Å²) in [7, 11) is 1.34. The lowest BCUT2D eigenvalue weighted by Crippen LogP contribution is -2.35. The molecule has 0 aliphatic rings. The van der Waals surface area contributed by atoms with E-state index in [-0.39, 0.29) is 17.1 Å². The SMILES string of the molecule is CCOc1ccc(C(=O)NCC(=O)OC(C)C(=O)Nc2cc([N+](=O)[O-])ccc2OC)cc1. The topological polar surface area (TPSA) is 146 Å². The monoisotopic (exact) mass is 445 g/mol. The summed E-state index contributed by atoms with van der Waals surface area (Å²) in [5.41, 5.74) is 0.131. The quantitative estimate of drug-likeness (QED) is 0.322. The van der Waals surface area contributed by atoms with Gasteiger partial charge in [0.1, 0.15) is 18.0 Å². The Kier molecular flexibility index (Phi) is 8.52. The Morgan fingerprint density at radius 2 is 1.81 bits per heavy atom. The van der Waals surface area contributed by atoms with Gasteiger partial charge in [0, 0.05) is 17.7 Å². The second-order valence-corrected chi connectivity index (χ2v) is 6.40. The fraction of sp³-hybridized carbons (Fsp3) is 0.286. The van der Waals surface area contributed by atoms with E-state index in [0.717, 1.165) is 6.07 Å². The number of nitro benzene ring substituents is 1. The first kappa shape index (κ1) is 24.1. The van der Waals surface area contributed by atoms with Crippen molar-refractivity contribution >= 4 is 29.2 Å². The summed E-state index contributed by atoms with van der Waals surface area (Å²) in [6.07, 6.45) is -1.23. The molecule has 1 unspecified atom stereocenters. The third-order valence-electron chi connectivity index (χ3n) is 4.15. The molecule has 0 heterocycles. The van der Waals surface area contributed by atoms with E-state index in [4.69, 9.17) is 14.2 Å². The van der Waals surface area contributed by atoms with Crippen LogP contribution >= 0.6 is 0 Å². The molecule has 0 aliphatic heterocycles. The Morgan fingerprint density at radius 1 is 1.12 bits per heavy atom. The van der Waals surface area contributed by atoms with Gasteiger partial charge in [-0.3, -0.25) is 24.5 Å². The van der Waals surface area contributed by atoms with E-state index in [0.29, 0.717) is 17.9 Å². The van der Waals surface area contributed by atoms with Gasteiger partial charge in [0.2, 0.25) is 0 Å². The molecule has 11 nitrogen and oxygen atoms in total. The smallest absolute Gasteiger partial charge is 0.326 e. The van der Waals surface area contributed by atoms with Crippen LogP contribution < -0.4 is 20.1 Å². The zero-order valence-electron chi connectivity index (χ0n) is 17.7. The molecule has 2 aromatic carbocycles. The predicted molar refractivity (Wildman–Crippen MR) is 114 cm³/mol. The number of methoxy groups -OCH3 is 1. The Labute approximate surface area is 183 Å². The van der Waals surface area contributed by atoms with Gasteiger partial charge in [-0.2, -0.15) is 0 Å². The number of amides is 2. The number of nitrogens with zero attached hydrogens (tertiary/aromatic N) is 1. The average molecular weight is 445 g/mol. The third-order valence-corrected chi connectivity index (χ3v) is 4.15. The number of nitro groups is 1. The molecule has 0 saturated heterocycles. The maximum Gasteiger partial charge on any atom is 0.326 e. The number of nitrogens with one attached hydrogen (secondary N) is 2. The molecule has 2 amide bonds. The minimum Gasteiger partial charge on any atom is -0.495 e. The van der Waals surface area contributed by atoms with Crippen LogP contribution in [0.1, 0.15) is 24.2 Å². The molecular formula is C21H23N3O8. The third kappa shape index (κ3) is 6.69. The Balaban J connectivity index is 1.89. The molecule has 0 aliphatic carbocycles. The number of anilines is 1. The lowest BCUT2D eigenvalue weighted by atomic mass is 10.2. The summed E-state index contributed by atoms with van der Waals surface area (Å²) in [6, 6.07) is 10.0. The molecular weight excluding hydrogens is 422 g/mol. The van der Waals surface area contributed by atoms with Crippen molar-refractivity contribution < 1.29 is 33.5 Å². The fourth-order valence-electron chi connectivity index (χ4n) is 2.56. The van der Waals surface area contributed by atoms with Crippen molar-refractivity contribution in [1.82, 2.24) is 5.32 Å². The summed E-state index contributed by atoms with van der Waals surface area (Å²) >= 11 is 0. The van der Waals surface area contributed by atoms with Gasteiger partial charge < -0.3 is 24.8 Å². The number of carbonyl (C=O) groups excluding carboxylic acids is 3. The number of ether oxygens (including phenoxy) is 3. The van der Waals surface area contributed by atoms with Gasteiger partial charge in [-0.25, -0.2) is 0 Å². The minimum atomic E-state index is -1.23. The molecule has 0 radical (unpaired) electrons. The first-order valence-corrected chi connectivity index (χ1v) is 9.59. The van der Waals surface area contributed by atoms with Crippen molar-refractivity contribution in [2.75, 3.05) is 25.6 Å². The number of hydrogen-bond acceptors (Lipinski definition) is 8.